The van der Waals surface area contributed by atoms with Crippen molar-refractivity contribution in [3.05, 3.63) is 28.3 Å². The van der Waals surface area contributed by atoms with E-state index in [1.807, 2.05) is 19.9 Å². The predicted molar refractivity (Wildman–Crippen MR) is 77.5 cm³/mol. The van der Waals surface area contributed by atoms with Crippen molar-refractivity contribution in [1.82, 2.24) is 29.8 Å². The summed E-state index contributed by atoms with van der Waals surface area (Å²) in [4.78, 5) is 20.3. The summed E-state index contributed by atoms with van der Waals surface area (Å²) in [6.45, 7) is 3.69. The second-order valence-electron chi connectivity index (χ2n) is 4.75. The van der Waals surface area contributed by atoms with Gasteiger partial charge in [0.2, 0.25) is 11.0 Å². The molecule has 0 fully saturated rings. The summed E-state index contributed by atoms with van der Waals surface area (Å²) in [6, 6.07) is 1.85. The first-order valence-electron chi connectivity index (χ1n) is 6.53. The molecule has 3 aromatic heterocycles. The Bertz CT molecular complexity index is 876. The van der Waals surface area contributed by atoms with Crippen molar-refractivity contribution in [2.45, 2.75) is 26.7 Å². The molecule has 0 radical (unpaired) electrons. The molecule has 0 bridgehead atoms. The Balaban J connectivity index is 1.73. The molecule has 120 valence electrons. The van der Waals surface area contributed by atoms with E-state index in [-0.39, 0.29) is 17.4 Å². The normalized spacial score (nSPS) is 11.3. The minimum absolute atomic E-state index is 0.0132. The second kappa shape index (κ2) is 5.91. The molecule has 0 aliphatic rings. The fourth-order valence-electron chi connectivity index (χ4n) is 1.96. The van der Waals surface area contributed by atoms with Crippen LogP contribution >= 0.6 is 11.3 Å². The van der Waals surface area contributed by atoms with E-state index in [1.165, 1.54) is 4.52 Å². The van der Waals surface area contributed by atoms with Gasteiger partial charge in [0.1, 0.15) is 0 Å². The van der Waals surface area contributed by atoms with Crippen LogP contribution in [0.1, 0.15) is 28.6 Å². The van der Waals surface area contributed by atoms with E-state index in [4.69, 9.17) is 0 Å². The van der Waals surface area contributed by atoms with Crippen molar-refractivity contribution in [3.8, 4) is 0 Å². The van der Waals surface area contributed by atoms with E-state index in [9.17, 15) is 13.6 Å². The summed E-state index contributed by atoms with van der Waals surface area (Å²) >= 11 is 0.627. The number of fused-ring (bicyclic) bond motifs is 1. The van der Waals surface area contributed by atoms with Crippen molar-refractivity contribution in [3.63, 3.8) is 0 Å². The van der Waals surface area contributed by atoms with Gasteiger partial charge in [-0.3, -0.25) is 4.79 Å². The maximum Gasteiger partial charge on any atom is 0.291 e. The summed E-state index contributed by atoms with van der Waals surface area (Å²) in [5.74, 6) is 0.218. The molecule has 1 amide bonds. The lowest BCUT2D eigenvalue weighted by atomic mass is 10.4. The van der Waals surface area contributed by atoms with E-state index in [0.29, 0.717) is 17.1 Å². The smallest absolute Gasteiger partial charge is 0.291 e. The molecular weight excluding hydrogens is 328 g/mol. The zero-order valence-corrected chi connectivity index (χ0v) is 12.9. The van der Waals surface area contributed by atoms with E-state index < -0.39 is 17.3 Å². The first-order chi connectivity index (χ1) is 10.9. The minimum atomic E-state index is -2.71. The van der Waals surface area contributed by atoms with Gasteiger partial charge in [0.25, 0.3) is 12.2 Å². The Kier molecular flexibility index (Phi) is 3.94. The molecule has 1 N–H and O–H groups in total. The molecule has 0 aromatic carbocycles. The number of nitrogens with one attached hydrogen (secondary N) is 1. The van der Waals surface area contributed by atoms with Crippen LogP contribution in [0.25, 0.3) is 5.78 Å². The molecule has 0 saturated heterocycles. The molecule has 0 saturated carbocycles. The highest BCUT2D eigenvalue weighted by Crippen LogP contribution is 2.25. The third-order valence-electron chi connectivity index (χ3n) is 2.85. The largest absolute Gasteiger partial charge is 0.300 e. The van der Waals surface area contributed by atoms with Crippen LogP contribution in [0.15, 0.2) is 6.07 Å². The van der Waals surface area contributed by atoms with E-state index in [0.717, 1.165) is 11.4 Å². The molecule has 8 nitrogen and oxygen atoms in total. The third-order valence-corrected chi connectivity index (χ3v) is 3.70. The van der Waals surface area contributed by atoms with Gasteiger partial charge in [-0.1, -0.05) is 11.3 Å². The number of hydrogen-bond donors (Lipinski definition) is 1. The number of halogens is 2. The number of hydrogen-bond acceptors (Lipinski definition) is 7. The average Bonchev–Trinajstić information content (AvgIpc) is 3.05. The molecule has 11 heteroatoms. The Labute approximate surface area is 132 Å². The highest BCUT2D eigenvalue weighted by atomic mass is 32.1. The minimum Gasteiger partial charge on any atom is -0.300 e. The van der Waals surface area contributed by atoms with Gasteiger partial charge in [0.05, 0.1) is 6.42 Å². The van der Waals surface area contributed by atoms with E-state index in [2.05, 4.69) is 30.6 Å². The Morgan fingerprint density at radius 1 is 1.35 bits per heavy atom. The van der Waals surface area contributed by atoms with Crippen LogP contribution in [0, 0.1) is 13.8 Å². The van der Waals surface area contributed by atoms with Crippen molar-refractivity contribution in [2.75, 3.05) is 5.32 Å². The number of aromatic nitrogens is 6. The SMILES string of the molecule is Cc1cc(C)n2nc(CC(=O)Nc3nnc(C(F)F)s3)nc2n1. The Hall–Kier alpha value is -2.56. The number of carbonyl (C=O) groups excluding carboxylic acids is 1. The molecule has 0 aliphatic carbocycles. The van der Waals surface area contributed by atoms with Crippen molar-refractivity contribution < 1.29 is 13.6 Å². The van der Waals surface area contributed by atoms with Crippen LogP contribution in [-0.4, -0.2) is 35.7 Å². The third kappa shape index (κ3) is 3.28. The van der Waals surface area contributed by atoms with Gasteiger partial charge in [-0.05, 0) is 19.9 Å². The lowest BCUT2D eigenvalue weighted by Crippen LogP contribution is -2.15. The van der Waals surface area contributed by atoms with Gasteiger partial charge in [0, 0.05) is 11.4 Å². The lowest BCUT2D eigenvalue weighted by Gasteiger charge is -1.97. The van der Waals surface area contributed by atoms with Crippen LogP contribution in [0.5, 0.6) is 0 Å². The summed E-state index contributed by atoms with van der Waals surface area (Å²) in [5, 5.41) is 12.9. The summed E-state index contributed by atoms with van der Waals surface area (Å²) in [5.41, 5.74) is 1.64. The Morgan fingerprint density at radius 2 is 2.13 bits per heavy atom. The van der Waals surface area contributed by atoms with Gasteiger partial charge in [-0.25, -0.2) is 18.3 Å². The highest BCUT2D eigenvalue weighted by Gasteiger charge is 2.17. The number of nitrogens with zero attached hydrogens (tertiary/aromatic N) is 6. The average molecular weight is 339 g/mol. The zero-order valence-electron chi connectivity index (χ0n) is 12.1. The number of carbonyl (C=O) groups is 1. The van der Waals surface area contributed by atoms with Crippen LogP contribution in [0.3, 0.4) is 0 Å². The number of rotatable bonds is 4. The predicted octanol–water partition coefficient (Wildman–Crippen LogP) is 1.71. The van der Waals surface area contributed by atoms with Gasteiger partial charge < -0.3 is 5.32 Å². The summed E-state index contributed by atoms with van der Waals surface area (Å²) in [6.07, 6.45) is -2.83. The number of anilines is 1. The first-order valence-corrected chi connectivity index (χ1v) is 7.35. The molecule has 3 aromatic rings. The molecule has 3 rings (SSSR count). The van der Waals surface area contributed by atoms with Gasteiger partial charge in [-0.15, -0.1) is 15.3 Å². The fraction of sp³-hybridized carbons (Fsp3) is 0.333. The number of alkyl halides is 2. The molecule has 0 atom stereocenters. The maximum atomic E-state index is 12.4. The van der Waals surface area contributed by atoms with Gasteiger partial charge in [-0.2, -0.15) is 4.98 Å². The molecule has 3 heterocycles. The summed E-state index contributed by atoms with van der Waals surface area (Å²) in [7, 11) is 0. The maximum absolute atomic E-state index is 12.4. The first kappa shape index (κ1) is 15.3. The number of aryl methyl sites for hydroxylation is 2. The molecule has 0 aliphatic heterocycles. The van der Waals surface area contributed by atoms with Gasteiger partial charge in [0.15, 0.2) is 10.8 Å². The van der Waals surface area contributed by atoms with Crippen LogP contribution < -0.4 is 5.32 Å². The van der Waals surface area contributed by atoms with Crippen LogP contribution in [0.2, 0.25) is 0 Å². The van der Waals surface area contributed by atoms with E-state index in [1.54, 1.807) is 0 Å². The van der Waals surface area contributed by atoms with Crippen molar-refractivity contribution in [2.24, 2.45) is 0 Å². The summed E-state index contributed by atoms with van der Waals surface area (Å²) < 4.78 is 26.4. The highest BCUT2D eigenvalue weighted by molar-refractivity contribution is 7.15. The quantitative estimate of drug-likeness (QED) is 0.777. The molecular formula is C12H11F2N7OS. The second-order valence-corrected chi connectivity index (χ2v) is 5.76. The monoisotopic (exact) mass is 339 g/mol. The van der Waals surface area contributed by atoms with Crippen LogP contribution in [-0.2, 0) is 11.2 Å². The fourth-order valence-corrected chi connectivity index (χ4v) is 2.58. The molecule has 23 heavy (non-hydrogen) atoms. The molecule has 0 spiro atoms. The van der Waals surface area contributed by atoms with Crippen molar-refractivity contribution >= 4 is 28.2 Å². The van der Waals surface area contributed by atoms with Crippen LogP contribution in [0.4, 0.5) is 13.9 Å². The van der Waals surface area contributed by atoms with E-state index >= 15 is 0 Å². The molecule has 0 unspecified atom stereocenters. The van der Waals surface area contributed by atoms with Gasteiger partial charge >= 0.3 is 0 Å². The topological polar surface area (TPSA) is 98.0 Å². The zero-order chi connectivity index (χ0) is 16.6. The van der Waals surface area contributed by atoms with Crippen molar-refractivity contribution in [1.29, 1.82) is 0 Å². The Morgan fingerprint density at radius 3 is 2.83 bits per heavy atom. The lowest BCUT2D eigenvalue weighted by molar-refractivity contribution is -0.115. The number of amides is 1. The standard InChI is InChI=1S/C12H11F2N7OS/c1-5-3-6(2)21-11(15-5)16-7(20-21)4-8(22)17-12-19-18-10(23-12)9(13)14/h3,9H,4H2,1-2H3,(H,17,19,22).